The predicted molar refractivity (Wildman–Crippen MR) is 55.3 cm³/mol. The average Bonchev–Trinajstić information content (AvgIpc) is 2.25. The fraction of sp³-hybridized carbons (Fsp3) is 0.455. The zero-order valence-corrected chi connectivity index (χ0v) is 8.72. The lowest BCUT2D eigenvalue weighted by molar-refractivity contribution is 0.270. The van der Waals surface area contributed by atoms with Crippen molar-refractivity contribution in [3.63, 3.8) is 0 Å². The Kier molecular flexibility index (Phi) is 5.04. The van der Waals surface area contributed by atoms with Gasteiger partial charge in [-0.25, -0.2) is 8.78 Å². The van der Waals surface area contributed by atoms with Crippen molar-refractivity contribution in [3.8, 4) is 5.75 Å². The molecule has 0 saturated heterocycles. The lowest BCUT2D eigenvalue weighted by Gasteiger charge is -2.10. The monoisotopic (exact) mass is 215 g/mol. The van der Waals surface area contributed by atoms with E-state index in [1.807, 2.05) is 6.92 Å². The number of rotatable bonds is 6. The maximum absolute atomic E-state index is 12.9. The van der Waals surface area contributed by atoms with Crippen LogP contribution in [0.3, 0.4) is 0 Å². The van der Waals surface area contributed by atoms with Gasteiger partial charge in [0.15, 0.2) is 0 Å². The van der Waals surface area contributed by atoms with Gasteiger partial charge >= 0.3 is 0 Å². The van der Waals surface area contributed by atoms with Crippen LogP contribution in [0.25, 0.3) is 0 Å². The first-order valence-corrected chi connectivity index (χ1v) is 4.95. The average molecular weight is 215 g/mol. The van der Waals surface area contributed by atoms with Crippen molar-refractivity contribution in [3.05, 3.63) is 29.6 Å². The van der Waals surface area contributed by atoms with Gasteiger partial charge in [-0.3, -0.25) is 0 Å². The van der Waals surface area contributed by atoms with E-state index in [4.69, 9.17) is 4.74 Å². The first-order chi connectivity index (χ1) is 7.27. The summed E-state index contributed by atoms with van der Waals surface area (Å²) in [5, 5.41) is 3.07. The van der Waals surface area contributed by atoms with Crippen LogP contribution in [-0.2, 0) is 6.54 Å². The van der Waals surface area contributed by atoms with Gasteiger partial charge in [0.05, 0.1) is 0 Å². The highest BCUT2D eigenvalue weighted by atomic mass is 19.1. The molecule has 0 amide bonds. The molecule has 1 N–H and O–H groups in total. The van der Waals surface area contributed by atoms with Crippen LogP contribution in [0, 0.1) is 5.82 Å². The van der Waals surface area contributed by atoms with Crippen LogP contribution < -0.4 is 10.1 Å². The lowest BCUT2D eigenvalue weighted by Crippen LogP contribution is -2.13. The van der Waals surface area contributed by atoms with Gasteiger partial charge in [-0.15, -0.1) is 0 Å². The molecule has 0 unspecified atom stereocenters. The van der Waals surface area contributed by atoms with E-state index in [9.17, 15) is 8.78 Å². The zero-order valence-electron chi connectivity index (χ0n) is 8.72. The van der Waals surface area contributed by atoms with Gasteiger partial charge in [0.1, 0.15) is 24.8 Å². The van der Waals surface area contributed by atoms with Gasteiger partial charge in [-0.05, 0) is 24.7 Å². The molecule has 0 atom stereocenters. The third-order valence-electron chi connectivity index (χ3n) is 1.92. The Morgan fingerprint density at radius 2 is 2.20 bits per heavy atom. The van der Waals surface area contributed by atoms with Gasteiger partial charge in [-0.2, -0.15) is 0 Å². The first kappa shape index (κ1) is 11.9. The Bertz CT molecular complexity index is 305. The predicted octanol–water partition coefficient (Wildman–Crippen LogP) is 2.28. The van der Waals surface area contributed by atoms with E-state index in [0.717, 1.165) is 6.54 Å². The van der Waals surface area contributed by atoms with Crippen molar-refractivity contribution in [2.75, 3.05) is 19.8 Å². The van der Waals surface area contributed by atoms with Crippen molar-refractivity contribution in [1.29, 1.82) is 0 Å². The Balaban J connectivity index is 2.73. The molecule has 1 aromatic carbocycles. The summed E-state index contributed by atoms with van der Waals surface area (Å²) in [5.74, 6) is 0.227. The van der Waals surface area contributed by atoms with E-state index in [-0.39, 0.29) is 12.4 Å². The third-order valence-corrected chi connectivity index (χ3v) is 1.92. The highest BCUT2D eigenvalue weighted by molar-refractivity contribution is 5.33. The van der Waals surface area contributed by atoms with Gasteiger partial charge in [-0.1, -0.05) is 6.92 Å². The van der Waals surface area contributed by atoms with E-state index in [0.29, 0.717) is 17.9 Å². The van der Waals surface area contributed by atoms with Crippen LogP contribution in [0.2, 0.25) is 0 Å². The fourth-order valence-corrected chi connectivity index (χ4v) is 1.24. The number of halogens is 2. The molecule has 2 nitrogen and oxygen atoms in total. The molecule has 15 heavy (non-hydrogen) atoms. The summed E-state index contributed by atoms with van der Waals surface area (Å²) >= 11 is 0. The molecular formula is C11H15F2NO. The SMILES string of the molecule is CCNCc1cc(F)ccc1OCCF. The van der Waals surface area contributed by atoms with Gasteiger partial charge in [0.2, 0.25) is 0 Å². The van der Waals surface area contributed by atoms with Crippen LogP contribution >= 0.6 is 0 Å². The van der Waals surface area contributed by atoms with Crippen LogP contribution in [0.1, 0.15) is 12.5 Å². The van der Waals surface area contributed by atoms with Crippen LogP contribution in [0.4, 0.5) is 8.78 Å². The topological polar surface area (TPSA) is 21.3 Å². The molecule has 0 fully saturated rings. The van der Waals surface area contributed by atoms with E-state index < -0.39 is 6.67 Å². The minimum absolute atomic E-state index is 0.00472. The smallest absolute Gasteiger partial charge is 0.124 e. The summed E-state index contributed by atoms with van der Waals surface area (Å²) in [6.45, 7) is 2.74. The van der Waals surface area contributed by atoms with Gasteiger partial charge in [0, 0.05) is 12.1 Å². The first-order valence-electron chi connectivity index (χ1n) is 4.95. The van der Waals surface area contributed by atoms with Crippen molar-refractivity contribution in [2.24, 2.45) is 0 Å². The van der Waals surface area contributed by atoms with Crippen molar-refractivity contribution in [2.45, 2.75) is 13.5 Å². The Morgan fingerprint density at radius 3 is 2.87 bits per heavy atom. The molecule has 0 bridgehead atoms. The Morgan fingerprint density at radius 1 is 1.40 bits per heavy atom. The van der Waals surface area contributed by atoms with Crippen LogP contribution in [-0.4, -0.2) is 19.8 Å². The largest absolute Gasteiger partial charge is 0.491 e. The number of alkyl halides is 1. The Hall–Kier alpha value is -1.16. The second-order valence-electron chi connectivity index (χ2n) is 3.07. The van der Waals surface area contributed by atoms with Gasteiger partial charge in [0.25, 0.3) is 0 Å². The van der Waals surface area contributed by atoms with Crippen molar-refractivity contribution in [1.82, 2.24) is 5.32 Å². The quantitative estimate of drug-likeness (QED) is 0.786. The molecule has 0 heterocycles. The molecule has 1 rings (SSSR count). The minimum Gasteiger partial charge on any atom is -0.491 e. The molecule has 0 aliphatic carbocycles. The summed E-state index contributed by atoms with van der Waals surface area (Å²) in [4.78, 5) is 0. The fourth-order valence-electron chi connectivity index (χ4n) is 1.24. The van der Waals surface area contributed by atoms with Crippen molar-refractivity contribution >= 4 is 0 Å². The lowest BCUT2D eigenvalue weighted by atomic mass is 10.2. The summed E-state index contributed by atoms with van der Waals surface area (Å²) in [7, 11) is 0. The second kappa shape index (κ2) is 6.35. The standard InChI is InChI=1S/C11H15F2NO/c1-2-14-8-9-7-10(13)3-4-11(9)15-6-5-12/h3-4,7,14H,2,5-6,8H2,1H3. The summed E-state index contributed by atoms with van der Waals surface area (Å²) in [6, 6.07) is 4.23. The number of ether oxygens (including phenoxy) is 1. The maximum Gasteiger partial charge on any atom is 0.124 e. The normalized spacial score (nSPS) is 10.3. The van der Waals surface area contributed by atoms with E-state index >= 15 is 0 Å². The van der Waals surface area contributed by atoms with E-state index in [2.05, 4.69) is 5.32 Å². The summed E-state index contributed by atoms with van der Waals surface area (Å²) < 4.78 is 30.0. The van der Waals surface area contributed by atoms with Crippen LogP contribution in [0.5, 0.6) is 5.75 Å². The van der Waals surface area contributed by atoms with Gasteiger partial charge < -0.3 is 10.1 Å². The number of benzene rings is 1. The molecule has 84 valence electrons. The molecule has 4 heteroatoms. The second-order valence-corrected chi connectivity index (χ2v) is 3.07. The Labute approximate surface area is 88.3 Å². The highest BCUT2D eigenvalue weighted by Gasteiger charge is 2.04. The molecule has 1 aromatic rings. The molecule has 0 aliphatic rings. The minimum atomic E-state index is -0.544. The van der Waals surface area contributed by atoms with E-state index in [1.165, 1.54) is 18.2 Å². The zero-order chi connectivity index (χ0) is 11.1. The van der Waals surface area contributed by atoms with Crippen LogP contribution in [0.15, 0.2) is 18.2 Å². The number of hydrogen-bond donors (Lipinski definition) is 1. The number of hydrogen-bond acceptors (Lipinski definition) is 2. The summed E-state index contributed by atoms with van der Waals surface area (Å²) in [6.07, 6.45) is 0. The summed E-state index contributed by atoms with van der Waals surface area (Å²) in [5.41, 5.74) is 0.713. The molecule has 0 spiro atoms. The molecular weight excluding hydrogens is 200 g/mol. The number of nitrogens with one attached hydrogen (secondary N) is 1. The maximum atomic E-state index is 12.9. The molecule has 0 aromatic heterocycles. The van der Waals surface area contributed by atoms with Crippen molar-refractivity contribution < 1.29 is 13.5 Å². The highest BCUT2D eigenvalue weighted by Crippen LogP contribution is 2.19. The molecule has 0 radical (unpaired) electrons. The van der Waals surface area contributed by atoms with E-state index in [1.54, 1.807) is 0 Å². The molecule has 0 saturated carbocycles. The third kappa shape index (κ3) is 3.83. The molecule has 0 aliphatic heterocycles.